The summed E-state index contributed by atoms with van der Waals surface area (Å²) in [6.07, 6.45) is 14.1. The Hall–Kier alpha value is -1.92. The lowest BCUT2D eigenvalue weighted by atomic mass is 10.2. The second-order valence-corrected chi connectivity index (χ2v) is 6.84. The van der Waals surface area contributed by atoms with Crippen molar-refractivity contribution in [2.45, 2.75) is 19.4 Å². The van der Waals surface area contributed by atoms with Gasteiger partial charge in [-0.3, -0.25) is 9.79 Å². The molecule has 4 nitrogen and oxygen atoms in total. The van der Waals surface area contributed by atoms with Gasteiger partial charge in [0.25, 0.3) is 0 Å². The van der Waals surface area contributed by atoms with Gasteiger partial charge in [0.15, 0.2) is 0 Å². The Labute approximate surface area is 179 Å². The molecular weight excluding hydrogens is 388 g/mol. The normalized spacial score (nSPS) is 13.1. The number of ether oxygens (including phenoxy) is 1. The van der Waals surface area contributed by atoms with Crippen molar-refractivity contribution in [3.63, 3.8) is 0 Å². The minimum absolute atomic E-state index is 0.184. The van der Waals surface area contributed by atoms with Crippen molar-refractivity contribution in [1.82, 2.24) is 0 Å². The number of likely N-dealkylation sites (N-methyl/N-ethyl adjacent to an activating group) is 1. The van der Waals surface area contributed by atoms with Crippen LogP contribution >= 0.6 is 25.3 Å². The molecule has 0 aliphatic heterocycles. The summed E-state index contributed by atoms with van der Waals surface area (Å²) >= 11 is 8.38. The van der Waals surface area contributed by atoms with Gasteiger partial charge in [-0.1, -0.05) is 42.5 Å². The minimum atomic E-state index is -0.255. The van der Waals surface area contributed by atoms with E-state index in [1.54, 1.807) is 6.21 Å². The number of hydrogen-bond acceptors (Lipinski definition) is 6. The highest BCUT2D eigenvalue weighted by Gasteiger charge is 2.14. The zero-order valence-electron chi connectivity index (χ0n) is 16.6. The zero-order valence-corrected chi connectivity index (χ0v) is 18.4. The Kier molecular flexibility index (Phi) is 13.0. The summed E-state index contributed by atoms with van der Waals surface area (Å²) in [6.45, 7) is 3.00. The third-order valence-electron chi connectivity index (χ3n) is 3.76. The van der Waals surface area contributed by atoms with Crippen LogP contribution in [0.25, 0.3) is 6.08 Å². The van der Waals surface area contributed by atoms with Gasteiger partial charge in [0.05, 0.1) is 0 Å². The van der Waals surface area contributed by atoms with Gasteiger partial charge in [0.1, 0.15) is 12.6 Å². The van der Waals surface area contributed by atoms with Crippen molar-refractivity contribution >= 4 is 49.2 Å². The summed E-state index contributed by atoms with van der Waals surface area (Å²) in [7, 11) is 1.87. The van der Waals surface area contributed by atoms with Crippen molar-refractivity contribution in [3.8, 4) is 0 Å². The maximum atomic E-state index is 12.1. The molecule has 1 aromatic carbocycles. The van der Waals surface area contributed by atoms with Gasteiger partial charge < -0.3 is 9.64 Å². The molecule has 0 aliphatic rings. The van der Waals surface area contributed by atoms with Gasteiger partial charge in [0, 0.05) is 31.2 Å². The van der Waals surface area contributed by atoms with E-state index in [0.717, 1.165) is 17.8 Å². The summed E-state index contributed by atoms with van der Waals surface area (Å²) < 4.78 is 5.42. The van der Waals surface area contributed by atoms with Crippen LogP contribution in [-0.2, 0) is 9.53 Å². The first kappa shape index (κ1) is 24.1. The van der Waals surface area contributed by atoms with E-state index >= 15 is 0 Å². The number of rotatable bonds is 12. The monoisotopic (exact) mass is 418 g/mol. The van der Waals surface area contributed by atoms with Gasteiger partial charge in [-0.25, -0.2) is 0 Å². The molecule has 1 rings (SSSR count). The molecule has 0 radical (unpaired) electrons. The number of esters is 1. The molecule has 6 heteroatoms. The average molecular weight is 419 g/mol. The maximum Gasteiger partial charge on any atom is 0.325 e. The second kappa shape index (κ2) is 15.1. The highest BCUT2D eigenvalue weighted by molar-refractivity contribution is 7.80. The minimum Gasteiger partial charge on any atom is -0.460 e. The average Bonchev–Trinajstić information content (AvgIpc) is 2.70. The topological polar surface area (TPSA) is 41.9 Å². The van der Waals surface area contributed by atoms with E-state index in [1.807, 2.05) is 79.6 Å². The molecule has 0 aliphatic carbocycles. The van der Waals surface area contributed by atoms with Crippen molar-refractivity contribution in [1.29, 1.82) is 0 Å². The highest BCUT2D eigenvalue weighted by atomic mass is 32.1. The zero-order chi connectivity index (χ0) is 20.6. The lowest BCUT2D eigenvalue weighted by Gasteiger charge is -2.21. The number of allylic oxidation sites excluding steroid dienone is 5. The molecule has 1 unspecified atom stereocenters. The molecule has 0 bridgehead atoms. The molecule has 0 saturated heterocycles. The fraction of sp³-hybridized carbons (Fsp3) is 0.364. The van der Waals surface area contributed by atoms with Crippen molar-refractivity contribution in [3.05, 3.63) is 60.2 Å². The first-order valence-electron chi connectivity index (χ1n) is 9.33. The quantitative estimate of drug-likeness (QED) is 0.227. The summed E-state index contributed by atoms with van der Waals surface area (Å²) in [5.41, 5.74) is 2.05. The van der Waals surface area contributed by atoms with Gasteiger partial charge in [0.2, 0.25) is 0 Å². The number of anilines is 1. The summed E-state index contributed by atoms with van der Waals surface area (Å²) in [4.78, 5) is 18.0. The molecule has 0 amide bonds. The molecule has 1 atom stereocenters. The van der Waals surface area contributed by atoms with Crippen LogP contribution < -0.4 is 4.90 Å². The van der Waals surface area contributed by atoms with E-state index in [2.05, 4.69) is 30.2 Å². The summed E-state index contributed by atoms with van der Waals surface area (Å²) in [5.74, 6) is 0.921. The first-order chi connectivity index (χ1) is 13.6. The SMILES string of the molecule is CCN=C\C=C/C=C/C=C/c1ccc(N(C)CC(=O)OC(CS)CCS)cc1. The van der Waals surface area contributed by atoms with Crippen molar-refractivity contribution in [2.24, 2.45) is 4.99 Å². The molecule has 0 spiro atoms. The first-order valence-corrected chi connectivity index (χ1v) is 10.6. The van der Waals surface area contributed by atoms with E-state index < -0.39 is 0 Å². The molecule has 0 aromatic heterocycles. The van der Waals surface area contributed by atoms with Crippen LogP contribution in [-0.4, -0.2) is 49.9 Å². The predicted molar refractivity (Wildman–Crippen MR) is 128 cm³/mol. The highest BCUT2D eigenvalue weighted by Crippen LogP contribution is 2.15. The lowest BCUT2D eigenvalue weighted by Crippen LogP contribution is -2.30. The number of thiol groups is 2. The Morgan fingerprint density at radius 2 is 1.82 bits per heavy atom. The standard InChI is InChI=1S/C22H30N2O2S2/c1-3-23-15-8-6-4-5-7-9-19-10-12-20(13-11-19)24(2)17-22(25)26-21(18-28)14-16-27/h4-13,15,21,27-28H,3,14,16-18H2,1-2H3/b5-4+,8-6-,9-7+,23-15?. The van der Waals surface area contributed by atoms with Crippen LogP contribution in [0.4, 0.5) is 5.69 Å². The molecule has 152 valence electrons. The fourth-order valence-corrected chi connectivity index (χ4v) is 2.80. The van der Waals surface area contributed by atoms with Crippen LogP contribution in [0.3, 0.4) is 0 Å². The number of nitrogens with zero attached hydrogens (tertiary/aromatic N) is 2. The van der Waals surface area contributed by atoms with Gasteiger partial charge in [-0.15, -0.1) is 0 Å². The molecule has 0 saturated carbocycles. The van der Waals surface area contributed by atoms with Gasteiger partial charge >= 0.3 is 5.97 Å². The molecular formula is C22H30N2O2S2. The summed E-state index contributed by atoms with van der Waals surface area (Å²) in [5, 5.41) is 0. The van der Waals surface area contributed by atoms with Crippen molar-refractivity contribution < 1.29 is 9.53 Å². The lowest BCUT2D eigenvalue weighted by molar-refractivity contribution is -0.146. The van der Waals surface area contributed by atoms with Crippen LogP contribution in [0.2, 0.25) is 0 Å². The third kappa shape index (κ3) is 10.4. The number of aliphatic imine (C=N–C) groups is 1. The van der Waals surface area contributed by atoms with Crippen LogP contribution in [0.5, 0.6) is 0 Å². The molecule has 0 N–H and O–H groups in total. The van der Waals surface area contributed by atoms with Crippen LogP contribution in [0.1, 0.15) is 18.9 Å². The Balaban J connectivity index is 2.51. The number of carbonyl (C=O) groups excluding carboxylic acids is 1. The van der Waals surface area contributed by atoms with E-state index in [0.29, 0.717) is 17.9 Å². The largest absolute Gasteiger partial charge is 0.460 e. The number of carbonyl (C=O) groups is 1. The number of hydrogen-bond donors (Lipinski definition) is 2. The summed E-state index contributed by atoms with van der Waals surface area (Å²) in [6, 6.07) is 8.01. The van der Waals surface area contributed by atoms with Crippen molar-refractivity contribution in [2.75, 3.05) is 36.5 Å². The van der Waals surface area contributed by atoms with Crippen LogP contribution in [0, 0.1) is 0 Å². The molecule has 1 aromatic rings. The maximum absolute atomic E-state index is 12.1. The Morgan fingerprint density at radius 1 is 1.14 bits per heavy atom. The Morgan fingerprint density at radius 3 is 2.46 bits per heavy atom. The predicted octanol–water partition coefficient (Wildman–Crippen LogP) is 4.50. The number of benzene rings is 1. The van der Waals surface area contributed by atoms with Gasteiger partial charge in [-0.2, -0.15) is 25.3 Å². The van der Waals surface area contributed by atoms with E-state index in [4.69, 9.17) is 4.74 Å². The smallest absolute Gasteiger partial charge is 0.325 e. The fourth-order valence-electron chi connectivity index (χ4n) is 2.25. The van der Waals surface area contributed by atoms with E-state index in [9.17, 15) is 4.79 Å². The second-order valence-electron chi connectivity index (χ2n) is 6.03. The van der Waals surface area contributed by atoms with Crippen LogP contribution in [0.15, 0.2) is 59.6 Å². The van der Waals surface area contributed by atoms with E-state index in [1.165, 1.54) is 0 Å². The molecule has 0 heterocycles. The Bertz CT molecular complexity index is 682. The third-order valence-corrected chi connectivity index (χ3v) is 4.43. The van der Waals surface area contributed by atoms with Gasteiger partial charge in [-0.05, 0) is 42.9 Å². The molecule has 28 heavy (non-hydrogen) atoms. The molecule has 0 fully saturated rings. The van der Waals surface area contributed by atoms with E-state index in [-0.39, 0.29) is 18.6 Å².